The van der Waals surface area contributed by atoms with E-state index in [2.05, 4.69) is 20.7 Å². The molecule has 0 spiro atoms. The Hall–Kier alpha value is -1.99. The van der Waals surface area contributed by atoms with Crippen molar-refractivity contribution in [3.05, 3.63) is 34.0 Å². The van der Waals surface area contributed by atoms with Crippen LogP contribution in [0.1, 0.15) is 40.0 Å². The molecule has 1 aliphatic carbocycles. The Morgan fingerprint density at radius 3 is 2.95 bits per heavy atom. The molecule has 1 aliphatic rings. The van der Waals surface area contributed by atoms with Crippen molar-refractivity contribution >= 4 is 28.2 Å². The van der Waals surface area contributed by atoms with Gasteiger partial charge in [0.15, 0.2) is 5.13 Å². The van der Waals surface area contributed by atoms with Gasteiger partial charge < -0.3 is 5.43 Å². The minimum Gasteiger partial charge on any atom is -0.308 e. The van der Waals surface area contributed by atoms with Crippen LogP contribution in [0.15, 0.2) is 12.1 Å². The Kier molecular flexibility index (Phi) is 3.85. The average molecular weight is 303 g/mol. The number of nitrogens with one attached hydrogen (secondary N) is 2. The highest BCUT2D eigenvalue weighted by Gasteiger charge is 2.18. The van der Waals surface area contributed by atoms with Gasteiger partial charge in [-0.1, -0.05) is 6.92 Å². The molecule has 0 aliphatic heterocycles. The molecule has 6 nitrogen and oxygen atoms in total. The number of amides is 1. The number of fused-ring (bicyclic) bond motifs is 1. The lowest BCUT2D eigenvalue weighted by Gasteiger charge is -2.07. The van der Waals surface area contributed by atoms with Crippen molar-refractivity contribution in [2.24, 2.45) is 5.84 Å². The maximum Gasteiger partial charge on any atom is 0.257 e. The molecule has 2 heterocycles. The van der Waals surface area contributed by atoms with Crippen molar-refractivity contribution in [3.8, 4) is 0 Å². The summed E-state index contributed by atoms with van der Waals surface area (Å²) in [5, 5.41) is 3.53. The van der Waals surface area contributed by atoms with Crippen LogP contribution in [0.3, 0.4) is 0 Å². The van der Waals surface area contributed by atoms with Crippen molar-refractivity contribution in [3.63, 3.8) is 0 Å². The molecule has 0 saturated carbocycles. The molecule has 0 saturated heterocycles. The molecule has 110 valence electrons. The topological polar surface area (TPSA) is 92.9 Å². The summed E-state index contributed by atoms with van der Waals surface area (Å²) in [4.78, 5) is 22.4. The van der Waals surface area contributed by atoms with Crippen molar-refractivity contribution in [2.75, 3.05) is 10.7 Å². The van der Waals surface area contributed by atoms with Crippen LogP contribution in [-0.2, 0) is 19.3 Å². The minimum atomic E-state index is -0.184. The van der Waals surface area contributed by atoms with E-state index in [1.54, 1.807) is 23.5 Å². The van der Waals surface area contributed by atoms with E-state index < -0.39 is 0 Å². The number of aromatic nitrogens is 2. The maximum absolute atomic E-state index is 12.3. The van der Waals surface area contributed by atoms with E-state index in [4.69, 9.17) is 5.84 Å². The number of hydrogen-bond donors (Lipinski definition) is 3. The third kappa shape index (κ3) is 2.88. The summed E-state index contributed by atoms with van der Waals surface area (Å²) in [6.45, 7) is 1.98. The maximum atomic E-state index is 12.3. The second-order valence-electron chi connectivity index (χ2n) is 4.93. The molecule has 0 atom stereocenters. The van der Waals surface area contributed by atoms with Crippen molar-refractivity contribution in [2.45, 2.75) is 32.6 Å². The Balaban J connectivity index is 1.81. The average Bonchev–Trinajstić information content (AvgIpc) is 3.07. The first-order chi connectivity index (χ1) is 10.2. The molecule has 0 fully saturated rings. The van der Waals surface area contributed by atoms with E-state index in [1.165, 1.54) is 4.88 Å². The molecule has 0 bridgehead atoms. The predicted octanol–water partition coefficient (Wildman–Crippen LogP) is 2.13. The third-order valence-electron chi connectivity index (χ3n) is 3.47. The highest BCUT2D eigenvalue weighted by atomic mass is 32.1. The number of thiazole rings is 1. The SMILES string of the molecule is CCc1cc(C(=O)Nc2nc3c(s2)CCC3)cc(NN)n1. The molecule has 1 amide bonds. The van der Waals surface area contributed by atoms with Crippen LogP contribution >= 0.6 is 11.3 Å². The van der Waals surface area contributed by atoms with Crippen LogP contribution in [-0.4, -0.2) is 15.9 Å². The van der Waals surface area contributed by atoms with Crippen LogP contribution in [0.2, 0.25) is 0 Å². The van der Waals surface area contributed by atoms with Gasteiger partial charge in [-0.3, -0.25) is 10.1 Å². The van der Waals surface area contributed by atoms with Gasteiger partial charge in [0, 0.05) is 16.1 Å². The monoisotopic (exact) mass is 303 g/mol. The first kappa shape index (κ1) is 14.0. The number of hydrazine groups is 1. The number of rotatable bonds is 4. The molecule has 0 aromatic carbocycles. The van der Waals surface area contributed by atoms with Gasteiger partial charge in [-0.25, -0.2) is 15.8 Å². The number of hydrogen-bond acceptors (Lipinski definition) is 6. The lowest BCUT2D eigenvalue weighted by atomic mass is 10.2. The molecule has 21 heavy (non-hydrogen) atoms. The zero-order chi connectivity index (χ0) is 14.8. The van der Waals surface area contributed by atoms with Crippen molar-refractivity contribution < 1.29 is 4.79 Å². The Morgan fingerprint density at radius 2 is 2.24 bits per heavy atom. The third-order valence-corrected chi connectivity index (χ3v) is 4.54. The fourth-order valence-corrected chi connectivity index (χ4v) is 3.43. The van der Waals surface area contributed by atoms with E-state index in [0.29, 0.717) is 16.5 Å². The summed E-state index contributed by atoms with van der Waals surface area (Å²) >= 11 is 1.57. The zero-order valence-corrected chi connectivity index (χ0v) is 12.6. The van der Waals surface area contributed by atoms with Gasteiger partial charge >= 0.3 is 0 Å². The minimum absolute atomic E-state index is 0.184. The highest BCUT2D eigenvalue weighted by molar-refractivity contribution is 7.15. The van der Waals surface area contributed by atoms with E-state index in [1.807, 2.05) is 6.92 Å². The molecule has 2 aromatic heterocycles. The molecule has 4 N–H and O–H groups in total. The molecular weight excluding hydrogens is 286 g/mol. The second kappa shape index (κ2) is 5.79. The summed E-state index contributed by atoms with van der Waals surface area (Å²) in [5.74, 6) is 5.69. The number of nitrogen functional groups attached to an aromatic ring is 1. The van der Waals surface area contributed by atoms with Crippen molar-refractivity contribution in [1.29, 1.82) is 0 Å². The van der Waals surface area contributed by atoms with Gasteiger partial charge in [0.2, 0.25) is 0 Å². The van der Waals surface area contributed by atoms with Crippen LogP contribution in [0, 0.1) is 0 Å². The number of pyridine rings is 1. The van der Waals surface area contributed by atoms with E-state index in [9.17, 15) is 4.79 Å². The lowest BCUT2D eigenvalue weighted by molar-refractivity contribution is 0.102. The van der Waals surface area contributed by atoms with Crippen LogP contribution in [0.25, 0.3) is 0 Å². The lowest BCUT2D eigenvalue weighted by Crippen LogP contribution is -2.15. The van der Waals surface area contributed by atoms with Gasteiger partial charge in [-0.05, 0) is 37.8 Å². The Morgan fingerprint density at radius 1 is 1.38 bits per heavy atom. The predicted molar refractivity (Wildman–Crippen MR) is 83.5 cm³/mol. The quantitative estimate of drug-likeness (QED) is 0.594. The fraction of sp³-hybridized carbons (Fsp3) is 0.357. The van der Waals surface area contributed by atoms with E-state index in [0.717, 1.165) is 37.1 Å². The zero-order valence-electron chi connectivity index (χ0n) is 11.8. The van der Waals surface area contributed by atoms with Gasteiger partial charge in [-0.2, -0.15) is 0 Å². The Bertz CT molecular complexity index is 638. The summed E-state index contributed by atoms with van der Waals surface area (Å²) in [6, 6.07) is 3.41. The first-order valence-corrected chi connectivity index (χ1v) is 7.78. The van der Waals surface area contributed by atoms with Gasteiger partial charge in [0.05, 0.1) is 5.69 Å². The van der Waals surface area contributed by atoms with Crippen LogP contribution in [0.4, 0.5) is 10.9 Å². The highest BCUT2D eigenvalue weighted by Crippen LogP contribution is 2.30. The fourth-order valence-electron chi connectivity index (χ4n) is 2.39. The number of carbonyl (C=O) groups excluding carboxylic acids is 1. The number of carbonyl (C=O) groups is 1. The standard InChI is InChI=1S/C14H17N5OS/c1-2-9-6-8(7-12(16-9)19-15)13(20)18-14-17-10-4-3-5-11(10)21-14/h6-7H,2-5,15H2,1H3,(H,16,19)(H,17,18,20). The summed E-state index contributed by atoms with van der Waals surface area (Å²) < 4.78 is 0. The number of anilines is 2. The first-order valence-electron chi connectivity index (χ1n) is 6.97. The van der Waals surface area contributed by atoms with Gasteiger partial charge in [-0.15, -0.1) is 11.3 Å². The van der Waals surface area contributed by atoms with Gasteiger partial charge in [0.1, 0.15) is 5.82 Å². The van der Waals surface area contributed by atoms with Crippen LogP contribution in [0.5, 0.6) is 0 Å². The van der Waals surface area contributed by atoms with Crippen molar-refractivity contribution in [1.82, 2.24) is 9.97 Å². The van der Waals surface area contributed by atoms with Gasteiger partial charge in [0.25, 0.3) is 5.91 Å². The number of aryl methyl sites for hydroxylation is 3. The summed E-state index contributed by atoms with van der Waals surface area (Å²) in [6.07, 6.45) is 3.98. The summed E-state index contributed by atoms with van der Waals surface area (Å²) in [5.41, 5.74) is 4.97. The normalized spacial score (nSPS) is 13.0. The molecule has 3 rings (SSSR count). The summed E-state index contributed by atoms with van der Waals surface area (Å²) in [7, 11) is 0. The number of nitrogens with zero attached hydrogens (tertiary/aromatic N) is 2. The molecule has 7 heteroatoms. The smallest absolute Gasteiger partial charge is 0.257 e. The van der Waals surface area contributed by atoms with E-state index >= 15 is 0 Å². The second-order valence-corrected chi connectivity index (χ2v) is 6.01. The largest absolute Gasteiger partial charge is 0.308 e. The van der Waals surface area contributed by atoms with Crippen LogP contribution < -0.4 is 16.6 Å². The molecule has 0 radical (unpaired) electrons. The molecule has 2 aromatic rings. The molecular formula is C14H17N5OS. The molecule has 0 unspecified atom stereocenters. The van der Waals surface area contributed by atoms with E-state index in [-0.39, 0.29) is 5.91 Å². The Labute approximate surface area is 126 Å². The number of nitrogens with two attached hydrogens (primary N) is 1.